The molecule has 0 radical (unpaired) electrons. The van der Waals surface area contributed by atoms with E-state index in [2.05, 4.69) is 10.2 Å². The van der Waals surface area contributed by atoms with Gasteiger partial charge in [-0.3, -0.25) is 9.69 Å². The van der Waals surface area contributed by atoms with E-state index < -0.39 is 6.10 Å². The average Bonchev–Trinajstić information content (AvgIpc) is 2.72. The topological polar surface area (TPSA) is 65.0 Å². The quantitative estimate of drug-likeness (QED) is 0.639. The van der Waals surface area contributed by atoms with E-state index in [4.69, 9.17) is 4.74 Å². The van der Waals surface area contributed by atoms with Crippen molar-refractivity contribution in [3.05, 3.63) is 30.3 Å². The van der Waals surface area contributed by atoms with Gasteiger partial charge in [0.1, 0.15) is 18.5 Å². The molecule has 0 aliphatic carbocycles. The lowest BCUT2D eigenvalue weighted by molar-refractivity contribution is -0.133. The van der Waals surface area contributed by atoms with Crippen molar-refractivity contribution in [2.75, 3.05) is 52.4 Å². The maximum atomic E-state index is 12.5. The molecule has 3 rings (SSSR count). The number of benzene rings is 1. The number of nitrogens with zero attached hydrogens (tertiary/aromatic N) is 2. The Morgan fingerprint density at radius 2 is 1.76 bits per heavy atom. The summed E-state index contributed by atoms with van der Waals surface area (Å²) in [6.07, 6.45) is 3.58. The molecule has 1 aromatic carbocycles. The van der Waals surface area contributed by atoms with Gasteiger partial charge in [0.25, 0.3) is 0 Å². The van der Waals surface area contributed by atoms with Crippen molar-refractivity contribution in [1.29, 1.82) is 0 Å². The van der Waals surface area contributed by atoms with Crippen molar-refractivity contribution in [2.24, 2.45) is 5.92 Å². The summed E-state index contributed by atoms with van der Waals surface area (Å²) in [4.78, 5) is 16.7. The number of hydrogen-bond donors (Lipinski definition) is 2. The molecule has 0 bridgehead atoms. The molecule has 29 heavy (non-hydrogen) atoms. The third-order valence-corrected chi connectivity index (χ3v) is 5.60. The molecule has 0 saturated carbocycles. The van der Waals surface area contributed by atoms with E-state index in [1.807, 2.05) is 35.2 Å². The third kappa shape index (κ3) is 9.09. The summed E-state index contributed by atoms with van der Waals surface area (Å²) in [5.74, 6) is 1.78. The summed E-state index contributed by atoms with van der Waals surface area (Å²) in [6.45, 7) is 6.22. The van der Waals surface area contributed by atoms with Crippen LogP contribution >= 0.6 is 24.8 Å². The standard InChI is InChI=1S/C21H33N3O3.2ClH/c25-19(17-27-20-4-2-1-3-5-20)16-23-12-14-24(15-13-23)21(26)7-6-18-8-10-22-11-9-18;;/h1-5,18-19,22,25H,6-17H2;2*1H. The van der Waals surface area contributed by atoms with Crippen LogP contribution in [-0.2, 0) is 4.79 Å². The molecule has 2 aliphatic rings. The van der Waals surface area contributed by atoms with Gasteiger partial charge in [-0.15, -0.1) is 24.8 Å². The maximum Gasteiger partial charge on any atom is 0.222 e. The number of piperidine rings is 1. The van der Waals surface area contributed by atoms with Gasteiger partial charge >= 0.3 is 0 Å². The van der Waals surface area contributed by atoms with E-state index in [9.17, 15) is 9.90 Å². The number of hydrogen-bond acceptors (Lipinski definition) is 5. The van der Waals surface area contributed by atoms with Gasteiger partial charge in [-0.25, -0.2) is 0 Å². The second-order valence-corrected chi connectivity index (χ2v) is 7.69. The molecular weight excluding hydrogens is 413 g/mol. The molecule has 6 nitrogen and oxygen atoms in total. The maximum absolute atomic E-state index is 12.5. The molecule has 0 spiro atoms. The van der Waals surface area contributed by atoms with Gasteiger partial charge in [0.2, 0.25) is 5.91 Å². The number of nitrogens with one attached hydrogen (secondary N) is 1. The van der Waals surface area contributed by atoms with Crippen LogP contribution in [0.5, 0.6) is 5.75 Å². The van der Waals surface area contributed by atoms with Crippen molar-refractivity contribution in [3.63, 3.8) is 0 Å². The summed E-state index contributed by atoms with van der Waals surface area (Å²) >= 11 is 0. The molecule has 1 aromatic rings. The zero-order valence-corrected chi connectivity index (χ0v) is 18.6. The molecule has 2 N–H and O–H groups in total. The number of β-amino-alcohol motifs (C(OH)–C–C–N with tert-alkyl or cyclic N) is 1. The summed E-state index contributed by atoms with van der Waals surface area (Å²) in [5.41, 5.74) is 0. The summed E-state index contributed by atoms with van der Waals surface area (Å²) in [6, 6.07) is 9.56. The molecule has 2 fully saturated rings. The number of aliphatic hydroxyl groups is 1. The largest absolute Gasteiger partial charge is 0.491 e. The first kappa shape index (κ1) is 26.0. The number of para-hydroxylation sites is 1. The second-order valence-electron chi connectivity index (χ2n) is 7.69. The van der Waals surface area contributed by atoms with Crippen LogP contribution in [0.15, 0.2) is 30.3 Å². The molecule has 1 atom stereocenters. The second kappa shape index (κ2) is 14.0. The molecule has 0 aromatic heterocycles. The van der Waals surface area contributed by atoms with Crippen LogP contribution in [0, 0.1) is 5.92 Å². The van der Waals surface area contributed by atoms with E-state index >= 15 is 0 Å². The molecular formula is C21H35Cl2N3O3. The highest BCUT2D eigenvalue weighted by molar-refractivity contribution is 5.85. The fourth-order valence-corrected chi connectivity index (χ4v) is 3.90. The van der Waals surface area contributed by atoms with E-state index in [1.54, 1.807) is 0 Å². The zero-order valence-electron chi connectivity index (χ0n) is 17.0. The summed E-state index contributed by atoms with van der Waals surface area (Å²) in [5, 5.41) is 13.6. The summed E-state index contributed by atoms with van der Waals surface area (Å²) < 4.78 is 5.61. The number of ether oxygens (including phenoxy) is 1. The molecule has 2 aliphatic heterocycles. The molecule has 8 heteroatoms. The van der Waals surface area contributed by atoms with Crippen molar-refractivity contribution in [2.45, 2.75) is 31.8 Å². The van der Waals surface area contributed by atoms with Gasteiger partial charge in [-0.2, -0.15) is 0 Å². The first-order chi connectivity index (χ1) is 13.2. The Labute approximate surface area is 186 Å². The Morgan fingerprint density at radius 1 is 1.10 bits per heavy atom. The third-order valence-electron chi connectivity index (χ3n) is 5.60. The smallest absolute Gasteiger partial charge is 0.222 e. The number of halogens is 2. The van der Waals surface area contributed by atoms with Gasteiger partial charge in [0, 0.05) is 39.1 Å². The van der Waals surface area contributed by atoms with E-state index in [0.717, 1.165) is 51.4 Å². The highest BCUT2D eigenvalue weighted by Gasteiger charge is 2.23. The van der Waals surface area contributed by atoms with Gasteiger partial charge in [0.15, 0.2) is 0 Å². The SMILES string of the molecule is Cl.Cl.O=C(CCC1CCNCC1)N1CCN(CC(O)COc2ccccc2)CC1. The van der Waals surface area contributed by atoms with E-state index in [0.29, 0.717) is 31.4 Å². The van der Waals surface area contributed by atoms with Crippen LogP contribution in [0.2, 0.25) is 0 Å². The minimum Gasteiger partial charge on any atom is -0.491 e. The van der Waals surface area contributed by atoms with Crippen LogP contribution in [0.1, 0.15) is 25.7 Å². The number of piperazine rings is 1. The average molecular weight is 448 g/mol. The Bertz CT molecular complexity index is 566. The Kier molecular flexibility index (Phi) is 12.6. The monoisotopic (exact) mass is 447 g/mol. The van der Waals surface area contributed by atoms with Crippen molar-refractivity contribution < 1.29 is 14.6 Å². The van der Waals surface area contributed by atoms with Crippen LogP contribution in [-0.4, -0.2) is 79.3 Å². The van der Waals surface area contributed by atoms with Crippen molar-refractivity contribution >= 4 is 30.7 Å². The molecule has 1 unspecified atom stereocenters. The highest BCUT2D eigenvalue weighted by Crippen LogP contribution is 2.18. The fraction of sp³-hybridized carbons (Fsp3) is 0.667. The van der Waals surface area contributed by atoms with Crippen molar-refractivity contribution in [3.8, 4) is 5.75 Å². The van der Waals surface area contributed by atoms with Crippen LogP contribution in [0.4, 0.5) is 0 Å². The highest BCUT2D eigenvalue weighted by atomic mass is 35.5. The Morgan fingerprint density at radius 3 is 2.41 bits per heavy atom. The number of carbonyl (C=O) groups is 1. The van der Waals surface area contributed by atoms with E-state index in [1.165, 1.54) is 12.8 Å². The van der Waals surface area contributed by atoms with E-state index in [-0.39, 0.29) is 24.8 Å². The molecule has 2 heterocycles. The van der Waals surface area contributed by atoms with Crippen LogP contribution in [0.25, 0.3) is 0 Å². The first-order valence-electron chi connectivity index (χ1n) is 10.3. The lowest BCUT2D eigenvalue weighted by atomic mass is 9.93. The van der Waals surface area contributed by atoms with Crippen LogP contribution in [0.3, 0.4) is 0 Å². The minimum atomic E-state index is -0.521. The minimum absolute atomic E-state index is 0. The lowest BCUT2D eigenvalue weighted by Crippen LogP contribution is -2.51. The Hall–Kier alpha value is -1.05. The van der Waals surface area contributed by atoms with Gasteiger partial charge in [-0.1, -0.05) is 18.2 Å². The van der Waals surface area contributed by atoms with Gasteiger partial charge < -0.3 is 20.1 Å². The summed E-state index contributed by atoms with van der Waals surface area (Å²) in [7, 11) is 0. The number of amides is 1. The number of aliphatic hydroxyl groups excluding tert-OH is 1. The molecule has 166 valence electrons. The molecule has 1 amide bonds. The Balaban J connectivity index is 0.00000210. The predicted octanol–water partition coefficient (Wildman–Crippen LogP) is 2.19. The normalized spacial score (nSPS) is 19.0. The number of rotatable bonds is 8. The van der Waals surface area contributed by atoms with Crippen molar-refractivity contribution in [1.82, 2.24) is 15.1 Å². The number of carbonyl (C=O) groups excluding carboxylic acids is 1. The molecule has 2 saturated heterocycles. The lowest BCUT2D eigenvalue weighted by Gasteiger charge is -2.36. The van der Waals surface area contributed by atoms with Crippen LogP contribution < -0.4 is 10.1 Å². The first-order valence-corrected chi connectivity index (χ1v) is 10.3. The zero-order chi connectivity index (χ0) is 18.9. The van der Waals surface area contributed by atoms with Gasteiger partial charge in [-0.05, 0) is 50.4 Å². The fourth-order valence-electron chi connectivity index (χ4n) is 3.90. The predicted molar refractivity (Wildman–Crippen MR) is 120 cm³/mol. The van der Waals surface area contributed by atoms with Gasteiger partial charge in [0.05, 0.1) is 0 Å².